The number of guanidine groups is 1. The van der Waals surface area contributed by atoms with Crippen molar-refractivity contribution in [3.05, 3.63) is 35.9 Å². The van der Waals surface area contributed by atoms with E-state index in [1.807, 2.05) is 25.1 Å². The molecule has 1 aromatic carbocycles. The number of likely N-dealkylation sites (tertiary alicyclic amines) is 1. The highest BCUT2D eigenvalue weighted by Gasteiger charge is 2.27. The number of hydrogen-bond acceptors (Lipinski definition) is 3. The molecule has 1 aliphatic heterocycles. The molecule has 0 amide bonds. The van der Waals surface area contributed by atoms with Gasteiger partial charge in [0.25, 0.3) is 0 Å². The van der Waals surface area contributed by atoms with Crippen LogP contribution in [-0.2, 0) is 16.1 Å². The number of alkyl halides is 3. The Morgan fingerprint density at radius 3 is 2.75 bits per heavy atom. The number of ether oxygens (including phenoxy) is 2. The minimum absolute atomic E-state index is 0.0539. The average molecular weight is 401 g/mol. The van der Waals surface area contributed by atoms with Crippen LogP contribution in [0, 0.1) is 5.92 Å². The Labute approximate surface area is 164 Å². The zero-order chi connectivity index (χ0) is 20.2. The maximum Gasteiger partial charge on any atom is 0.411 e. The van der Waals surface area contributed by atoms with Gasteiger partial charge in [0, 0.05) is 38.7 Å². The first-order valence-corrected chi connectivity index (χ1v) is 9.77. The molecule has 158 valence electrons. The lowest BCUT2D eigenvalue weighted by Crippen LogP contribution is -2.40. The Balaban J connectivity index is 1.68. The van der Waals surface area contributed by atoms with Crippen molar-refractivity contribution in [3.8, 4) is 0 Å². The Bertz CT molecular complexity index is 582. The third-order valence-electron chi connectivity index (χ3n) is 4.36. The van der Waals surface area contributed by atoms with Crippen LogP contribution in [0.3, 0.4) is 0 Å². The third kappa shape index (κ3) is 8.93. The van der Waals surface area contributed by atoms with Crippen LogP contribution in [0.15, 0.2) is 35.3 Å². The van der Waals surface area contributed by atoms with E-state index in [0.717, 1.165) is 32.0 Å². The Morgan fingerprint density at radius 1 is 1.25 bits per heavy atom. The fourth-order valence-corrected chi connectivity index (χ4v) is 3.04. The van der Waals surface area contributed by atoms with Crippen LogP contribution >= 0.6 is 0 Å². The van der Waals surface area contributed by atoms with E-state index in [9.17, 15) is 13.2 Å². The summed E-state index contributed by atoms with van der Waals surface area (Å²) in [6.07, 6.45) is -2.78. The van der Waals surface area contributed by atoms with Gasteiger partial charge in [0.05, 0.1) is 13.2 Å². The van der Waals surface area contributed by atoms with Crippen molar-refractivity contribution in [3.63, 3.8) is 0 Å². The number of benzene rings is 1. The molecule has 1 atom stereocenters. The quantitative estimate of drug-likeness (QED) is 0.371. The molecular weight excluding hydrogens is 371 g/mol. The molecular formula is C20H30F3N3O2. The van der Waals surface area contributed by atoms with Gasteiger partial charge in [-0.1, -0.05) is 30.3 Å². The predicted octanol–water partition coefficient (Wildman–Crippen LogP) is 3.46. The highest BCUT2D eigenvalue weighted by atomic mass is 19.4. The topological polar surface area (TPSA) is 46.1 Å². The average Bonchev–Trinajstić information content (AvgIpc) is 3.12. The first kappa shape index (κ1) is 22.5. The lowest BCUT2D eigenvalue weighted by atomic mass is 10.1. The van der Waals surface area contributed by atoms with Crippen LogP contribution in [0.5, 0.6) is 0 Å². The molecule has 8 heteroatoms. The summed E-state index contributed by atoms with van der Waals surface area (Å²) in [5.74, 6) is 1.26. The molecule has 1 fully saturated rings. The van der Waals surface area contributed by atoms with Crippen LogP contribution in [0.25, 0.3) is 0 Å². The van der Waals surface area contributed by atoms with E-state index >= 15 is 0 Å². The molecule has 1 unspecified atom stereocenters. The van der Waals surface area contributed by atoms with Crippen molar-refractivity contribution >= 4 is 5.96 Å². The molecule has 5 nitrogen and oxygen atoms in total. The Morgan fingerprint density at radius 2 is 2.04 bits per heavy atom. The number of halogens is 3. The number of nitrogens with one attached hydrogen (secondary N) is 1. The fraction of sp³-hybridized carbons (Fsp3) is 0.650. The highest BCUT2D eigenvalue weighted by Crippen LogP contribution is 2.17. The molecule has 1 N–H and O–H groups in total. The van der Waals surface area contributed by atoms with E-state index in [1.165, 1.54) is 5.56 Å². The summed E-state index contributed by atoms with van der Waals surface area (Å²) in [5, 5.41) is 3.26. The van der Waals surface area contributed by atoms with E-state index in [1.54, 1.807) is 0 Å². The van der Waals surface area contributed by atoms with Gasteiger partial charge in [-0.15, -0.1) is 0 Å². The summed E-state index contributed by atoms with van der Waals surface area (Å²) < 4.78 is 46.6. The maximum absolute atomic E-state index is 12.0. The summed E-state index contributed by atoms with van der Waals surface area (Å²) in [4.78, 5) is 6.71. The molecule has 0 spiro atoms. The standard InChI is InChI=1S/C20H30F3N3O2/c1-2-24-19(25-10-6-12-27-16-20(21,22)23)26-11-9-18(13-26)15-28-14-17-7-4-3-5-8-17/h3-5,7-8,18H,2,6,9-16H2,1H3,(H,24,25). The van der Waals surface area contributed by atoms with Crippen LogP contribution in [-0.4, -0.2) is 63.0 Å². The predicted molar refractivity (Wildman–Crippen MR) is 103 cm³/mol. The first-order chi connectivity index (χ1) is 13.5. The Kier molecular flexibility index (Phi) is 9.57. The maximum atomic E-state index is 12.0. The minimum atomic E-state index is -4.27. The first-order valence-electron chi connectivity index (χ1n) is 9.77. The molecule has 28 heavy (non-hydrogen) atoms. The second-order valence-electron chi connectivity index (χ2n) is 6.86. The van der Waals surface area contributed by atoms with Crippen LogP contribution in [0.4, 0.5) is 13.2 Å². The van der Waals surface area contributed by atoms with Crippen LogP contribution in [0.2, 0.25) is 0 Å². The summed E-state index contributed by atoms with van der Waals surface area (Å²) in [7, 11) is 0. The van der Waals surface area contributed by atoms with Gasteiger partial charge >= 0.3 is 6.18 Å². The van der Waals surface area contributed by atoms with Crippen molar-refractivity contribution in [1.82, 2.24) is 10.2 Å². The van der Waals surface area contributed by atoms with Gasteiger partial charge < -0.3 is 19.7 Å². The summed E-state index contributed by atoms with van der Waals surface area (Å²) >= 11 is 0. The molecule has 1 aromatic rings. The SMILES string of the molecule is CCNC(=NCCCOCC(F)(F)F)N1CCC(COCc2ccccc2)C1. The van der Waals surface area contributed by atoms with Gasteiger partial charge in [-0.2, -0.15) is 13.2 Å². The van der Waals surface area contributed by atoms with Gasteiger partial charge in [-0.05, 0) is 25.3 Å². The normalized spacial score (nSPS) is 17.9. The molecule has 0 radical (unpaired) electrons. The van der Waals surface area contributed by atoms with E-state index in [0.29, 0.717) is 32.1 Å². The van der Waals surface area contributed by atoms with Gasteiger partial charge in [0.1, 0.15) is 6.61 Å². The monoisotopic (exact) mass is 401 g/mol. The third-order valence-corrected chi connectivity index (χ3v) is 4.36. The summed E-state index contributed by atoms with van der Waals surface area (Å²) in [5.41, 5.74) is 1.17. The second-order valence-corrected chi connectivity index (χ2v) is 6.86. The lowest BCUT2D eigenvalue weighted by Gasteiger charge is -2.21. The molecule has 1 heterocycles. The Hall–Kier alpha value is -1.80. The lowest BCUT2D eigenvalue weighted by molar-refractivity contribution is -0.173. The van der Waals surface area contributed by atoms with Gasteiger partial charge in [-0.3, -0.25) is 4.99 Å². The van der Waals surface area contributed by atoms with Crippen molar-refractivity contribution < 1.29 is 22.6 Å². The van der Waals surface area contributed by atoms with Crippen molar-refractivity contribution in [1.29, 1.82) is 0 Å². The number of aliphatic imine (C=N–C) groups is 1. The fourth-order valence-electron chi connectivity index (χ4n) is 3.04. The molecule has 0 saturated carbocycles. The van der Waals surface area contributed by atoms with E-state index < -0.39 is 12.8 Å². The number of hydrogen-bond donors (Lipinski definition) is 1. The smallest absolute Gasteiger partial charge is 0.376 e. The van der Waals surface area contributed by atoms with Crippen LogP contribution < -0.4 is 5.32 Å². The molecule has 0 aromatic heterocycles. The van der Waals surface area contributed by atoms with Gasteiger partial charge in [-0.25, -0.2) is 0 Å². The number of rotatable bonds is 10. The molecule has 0 bridgehead atoms. The zero-order valence-corrected chi connectivity index (χ0v) is 16.4. The number of nitrogens with zero attached hydrogens (tertiary/aromatic N) is 2. The summed E-state index contributed by atoms with van der Waals surface area (Å²) in [6.45, 7) is 5.12. The molecule has 0 aliphatic carbocycles. The van der Waals surface area contributed by atoms with Gasteiger partial charge in [0.2, 0.25) is 0 Å². The highest BCUT2D eigenvalue weighted by molar-refractivity contribution is 5.80. The largest absolute Gasteiger partial charge is 0.411 e. The summed E-state index contributed by atoms with van der Waals surface area (Å²) in [6, 6.07) is 10.1. The molecule has 1 saturated heterocycles. The van der Waals surface area contributed by atoms with Crippen molar-refractivity contribution in [2.45, 2.75) is 32.5 Å². The van der Waals surface area contributed by atoms with Crippen molar-refractivity contribution in [2.75, 3.05) is 46.0 Å². The molecule has 1 aliphatic rings. The van der Waals surface area contributed by atoms with E-state index in [4.69, 9.17) is 4.74 Å². The van der Waals surface area contributed by atoms with Crippen molar-refractivity contribution in [2.24, 2.45) is 10.9 Å². The van der Waals surface area contributed by atoms with Crippen LogP contribution in [0.1, 0.15) is 25.3 Å². The minimum Gasteiger partial charge on any atom is -0.376 e. The van der Waals surface area contributed by atoms with E-state index in [-0.39, 0.29) is 6.61 Å². The molecule has 2 rings (SSSR count). The van der Waals surface area contributed by atoms with E-state index in [2.05, 4.69) is 32.1 Å². The van der Waals surface area contributed by atoms with Gasteiger partial charge in [0.15, 0.2) is 5.96 Å². The second kappa shape index (κ2) is 11.9. The zero-order valence-electron chi connectivity index (χ0n) is 16.4.